The molecule has 0 radical (unpaired) electrons. The molecule has 2 aromatic carbocycles. The quantitative estimate of drug-likeness (QED) is 0.917. The first-order chi connectivity index (χ1) is 10.2. The molecule has 0 bridgehead atoms. The second kappa shape index (κ2) is 6.73. The maximum atomic E-state index is 13.8. The number of halogens is 1. The second-order valence-corrected chi connectivity index (χ2v) is 4.37. The fourth-order valence-corrected chi connectivity index (χ4v) is 1.96. The SMILES string of the molecule is COc1cc(C#N)cc(OC(CN)c2ccccc2F)c1. The van der Waals surface area contributed by atoms with Crippen molar-refractivity contribution in [1.82, 2.24) is 0 Å². The third-order valence-electron chi connectivity index (χ3n) is 2.99. The molecule has 21 heavy (non-hydrogen) atoms. The van der Waals surface area contributed by atoms with Crippen LogP contribution in [-0.2, 0) is 0 Å². The lowest BCUT2D eigenvalue weighted by atomic mass is 10.1. The standard InChI is InChI=1S/C16H15FN2O2/c1-20-12-6-11(9-18)7-13(8-12)21-16(10-19)14-4-2-3-5-15(14)17/h2-8,16H,10,19H2,1H3. The molecule has 0 heterocycles. The first-order valence-corrected chi connectivity index (χ1v) is 6.38. The van der Waals surface area contributed by atoms with Crippen LogP contribution in [0.3, 0.4) is 0 Å². The second-order valence-electron chi connectivity index (χ2n) is 4.37. The number of methoxy groups -OCH3 is 1. The molecule has 0 spiro atoms. The Hall–Kier alpha value is -2.58. The summed E-state index contributed by atoms with van der Waals surface area (Å²) in [4.78, 5) is 0. The van der Waals surface area contributed by atoms with Gasteiger partial charge in [0.05, 0.1) is 18.7 Å². The first-order valence-electron chi connectivity index (χ1n) is 6.38. The van der Waals surface area contributed by atoms with E-state index in [1.54, 1.807) is 36.4 Å². The van der Waals surface area contributed by atoms with E-state index in [9.17, 15) is 4.39 Å². The van der Waals surface area contributed by atoms with Gasteiger partial charge in [0.25, 0.3) is 0 Å². The minimum atomic E-state index is -0.634. The number of nitrogens with two attached hydrogens (primary N) is 1. The summed E-state index contributed by atoms with van der Waals surface area (Å²) < 4.78 is 24.6. The molecule has 108 valence electrons. The van der Waals surface area contributed by atoms with Crippen molar-refractivity contribution in [1.29, 1.82) is 5.26 Å². The summed E-state index contributed by atoms with van der Waals surface area (Å²) in [5.74, 6) is 0.523. The molecule has 2 aromatic rings. The molecular formula is C16H15FN2O2. The van der Waals surface area contributed by atoms with Crippen molar-refractivity contribution >= 4 is 0 Å². The molecule has 0 amide bonds. The maximum Gasteiger partial charge on any atom is 0.139 e. The van der Waals surface area contributed by atoms with E-state index in [1.807, 2.05) is 6.07 Å². The van der Waals surface area contributed by atoms with Gasteiger partial charge < -0.3 is 15.2 Å². The Labute approximate surface area is 122 Å². The van der Waals surface area contributed by atoms with E-state index < -0.39 is 6.10 Å². The third-order valence-corrected chi connectivity index (χ3v) is 2.99. The van der Waals surface area contributed by atoms with Crippen molar-refractivity contribution in [3.8, 4) is 17.6 Å². The average molecular weight is 286 g/mol. The van der Waals surface area contributed by atoms with Crippen LogP contribution in [0.25, 0.3) is 0 Å². The molecule has 2 N–H and O–H groups in total. The molecule has 0 aliphatic heterocycles. The van der Waals surface area contributed by atoms with E-state index in [0.29, 0.717) is 22.6 Å². The Bertz CT molecular complexity index is 668. The fraction of sp³-hybridized carbons (Fsp3) is 0.188. The highest BCUT2D eigenvalue weighted by Crippen LogP contribution is 2.27. The van der Waals surface area contributed by atoms with E-state index in [2.05, 4.69) is 0 Å². The lowest BCUT2D eigenvalue weighted by Crippen LogP contribution is -2.19. The maximum absolute atomic E-state index is 13.8. The van der Waals surface area contributed by atoms with E-state index >= 15 is 0 Å². The monoisotopic (exact) mass is 286 g/mol. The van der Waals surface area contributed by atoms with Gasteiger partial charge in [-0.2, -0.15) is 5.26 Å². The lowest BCUT2D eigenvalue weighted by Gasteiger charge is -2.19. The summed E-state index contributed by atoms with van der Waals surface area (Å²) in [6.45, 7) is 0.111. The van der Waals surface area contributed by atoms with Gasteiger partial charge in [-0.3, -0.25) is 0 Å². The van der Waals surface area contributed by atoms with Crippen molar-refractivity contribution in [3.05, 3.63) is 59.4 Å². The Kier molecular flexibility index (Phi) is 4.75. The molecule has 5 heteroatoms. The Morgan fingerprint density at radius 3 is 2.57 bits per heavy atom. The van der Waals surface area contributed by atoms with Crippen LogP contribution in [0, 0.1) is 17.1 Å². The number of nitriles is 1. The summed E-state index contributed by atoms with van der Waals surface area (Å²) in [7, 11) is 1.50. The normalized spacial score (nSPS) is 11.5. The van der Waals surface area contributed by atoms with Crippen molar-refractivity contribution in [2.24, 2.45) is 5.73 Å². The van der Waals surface area contributed by atoms with Crippen LogP contribution >= 0.6 is 0 Å². The molecule has 0 saturated heterocycles. The number of hydrogen-bond acceptors (Lipinski definition) is 4. The zero-order valence-corrected chi connectivity index (χ0v) is 11.5. The van der Waals surface area contributed by atoms with Gasteiger partial charge in [-0.05, 0) is 18.2 Å². The number of nitrogens with zero attached hydrogens (tertiary/aromatic N) is 1. The van der Waals surface area contributed by atoms with Crippen LogP contribution in [0.5, 0.6) is 11.5 Å². The number of rotatable bonds is 5. The van der Waals surface area contributed by atoms with Gasteiger partial charge in [0.2, 0.25) is 0 Å². The molecule has 0 saturated carbocycles. The van der Waals surface area contributed by atoms with Crippen molar-refractivity contribution in [3.63, 3.8) is 0 Å². The van der Waals surface area contributed by atoms with Gasteiger partial charge in [-0.1, -0.05) is 18.2 Å². The van der Waals surface area contributed by atoms with Crippen LogP contribution < -0.4 is 15.2 Å². The van der Waals surface area contributed by atoms with Crippen molar-refractivity contribution in [2.45, 2.75) is 6.10 Å². The third kappa shape index (κ3) is 3.50. The van der Waals surface area contributed by atoms with Crippen LogP contribution in [-0.4, -0.2) is 13.7 Å². The van der Waals surface area contributed by atoms with E-state index in [1.165, 1.54) is 13.2 Å². The van der Waals surface area contributed by atoms with Gasteiger partial charge >= 0.3 is 0 Å². The van der Waals surface area contributed by atoms with Gasteiger partial charge in [0.15, 0.2) is 0 Å². The summed E-state index contributed by atoms with van der Waals surface area (Å²) in [6.07, 6.45) is -0.634. The van der Waals surface area contributed by atoms with E-state index in [-0.39, 0.29) is 12.4 Å². The topological polar surface area (TPSA) is 68.3 Å². The largest absolute Gasteiger partial charge is 0.497 e. The molecule has 0 aromatic heterocycles. The summed E-state index contributed by atoms with van der Waals surface area (Å²) in [5.41, 5.74) is 6.45. The molecule has 1 unspecified atom stereocenters. The van der Waals surface area contributed by atoms with Crippen LogP contribution in [0.2, 0.25) is 0 Å². The zero-order valence-electron chi connectivity index (χ0n) is 11.5. The zero-order chi connectivity index (χ0) is 15.2. The van der Waals surface area contributed by atoms with E-state index in [0.717, 1.165) is 0 Å². The highest BCUT2D eigenvalue weighted by Gasteiger charge is 2.16. The fourth-order valence-electron chi connectivity index (χ4n) is 1.96. The van der Waals surface area contributed by atoms with Crippen LogP contribution in [0.1, 0.15) is 17.2 Å². The molecule has 2 rings (SSSR count). The Morgan fingerprint density at radius 1 is 1.24 bits per heavy atom. The minimum Gasteiger partial charge on any atom is -0.497 e. The molecule has 0 aliphatic carbocycles. The predicted molar refractivity (Wildman–Crippen MR) is 76.5 cm³/mol. The van der Waals surface area contributed by atoms with E-state index in [4.69, 9.17) is 20.5 Å². The first kappa shape index (κ1) is 14.8. The van der Waals surface area contributed by atoms with Gasteiger partial charge in [0, 0.05) is 18.2 Å². The summed E-state index contributed by atoms with van der Waals surface area (Å²) in [5, 5.41) is 8.99. The summed E-state index contributed by atoms with van der Waals surface area (Å²) >= 11 is 0. The van der Waals surface area contributed by atoms with Gasteiger partial charge in [-0.15, -0.1) is 0 Å². The highest BCUT2D eigenvalue weighted by atomic mass is 19.1. The van der Waals surface area contributed by atoms with Crippen LogP contribution in [0.4, 0.5) is 4.39 Å². The highest BCUT2D eigenvalue weighted by molar-refractivity contribution is 5.44. The van der Waals surface area contributed by atoms with Gasteiger partial charge in [-0.25, -0.2) is 4.39 Å². The van der Waals surface area contributed by atoms with Crippen molar-refractivity contribution in [2.75, 3.05) is 13.7 Å². The van der Waals surface area contributed by atoms with Crippen molar-refractivity contribution < 1.29 is 13.9 Å². The van der Waals surface area contributed by atoms with Gasteiger partial charge in [0.1, 0.15) is 23.4 Å². The number of hydrogen-bond donors (Lipinski definition) is 1. The van der Waals surface area contributed by atoms with Crippen LogP contribution in [0.15, 0.2) is 42.5 Å². The minimum absolute atomic E-state index is 0.111. The molecular weight excluding hydrogens is 271 g/mol. The Morgan fingerprint density at radius 2 is 1.95 bits per heavy atom. The Balaban J connectivity index is 2.31. The summed E-state index contributed by atoms with van der Waals surface area (Å²) in [6, 6.07) is 13.1. The molecule has 0 fully saturated rings. The smallest absolute Gasteiger partial charge is 0.139 e. The lowest BCUT2D eigenvalue weighted by molar-refractivity contribution is 0.208. The number of ether oxygens (including phenoxy) is 2. The molecule has 1 atom stereocenters. The average Bonchev–Trinajstić information content (AvgIpc) is 2.53. The molecule has 4 nitrogen and oxygen atoms in total. The number of benzene rings is 2. The molecule has 0 aliphatic rings. The predicted octanol–water partition coefficient (Wildman–Crippen LogP) is 2.78.